The summed E-state index contributed by atoms with van der Waals surface area (Å²) >= 11 is 0. The third kappa shape index (κ3) is 2.40. The molecule has 2 N–H and O–H groups in total. The molecule has 0 saturated carbocycles. The second-order valence-electron chi connectivity index (χ2n) is 4.51. The van der Waals surface area contributed by atoms with Crippen molar-refractivity contribution < 1.29 is 9.50 Å². The van der Waals surface area contributed by atoms with Gasteiger partial charge in [0.15, 0.2) is 11.6 Å². The zero-order chi connectivity index (χ0) is 13.9. The zero-order valence-corrected chi connectivity index (χ0v) is 10.7. The molecule has 0 spiro atoms. The Morgan fingerprint density at radius 3 is 2.80 bits per heavy atom. The highest BCUT2D eigenvalue weighted by Crippen LogP contribution is 2.21. The number of phenols is 1. The van der Waals surface area contributed by atoms with Crippen molar-refractivity contribution >= 4 is 16.6 Å². The fourth-order valence-corrected chi connectivity index (χ4v) is 2.12. The summed E-state index contributed by atoms with van der Waals surface area (Å²) in [6.07, 6.45) is 1.76. The summed E-state index contributed by atoms with van der Waals surface area (Å²) in [6.45, 7) is 0.563. The van der Waals surface area contributed by atoms with E-state index in [-0.39, 0.29) is 5.75 Å². The molecule has 0 aliphatic rings. The number of aromatic nitrogens is 1. The van der Waals surface area contributed by atoms with E-state index in [1.165, 1.54) is 12.1 Å². The lowest BCUT2D eigenvalue weighted by molar-refractivity contribution is 0.432. The van der Waals surface area contributed by atoms with E-state index < -0.39 is 5.82 Å². The predicted molar refractivity (Wildman–Crippen MR) is 77.1 cm³/mol. The summed E-state index contributed by atoms with van der Waals surface area (Å²) in [7, 11) is 0. The molecule has 20 heavy (non-hydrogen) atoms. The Morgan fingerprint density at radius 2 is 1.95 bits per heavy atom. The van der Waals surface area contributed by atoms with Crippen molar-refractivity contribution in [2.75, 3.05) is 5.32 Å². The van der Waals surface area contributed by atoms with E-state index in [0.717, 1.165) is 16.5 Å². The van der Waals surface area contributed by atoms with Gasteiger partial charge in [-0.3, -0.25) is 4.98 Å². The fourth-order valence-electron chi connectivity index (χ4n) is 2.12. The number of aromatic hydroxyl groups is 1. The number of nitrogens with zero attached hydrogens (tertiary/aromatic N) is 1. The highest BCUT2D eigenvalue weighted by Gasteiger charge is 2.03. The lowest BCUT2D eigenvalue weighted by atomic mass is 10.1. The van der Waals surface area contributed by atoms with Gasteiger partial charge in [0, 0.05) is 29.9 Å². The summed E-state index contributed by atoms with van der Waals surface area (Å²) in [5, 5.41) is 13.4. The van der Waals surface area contributed by atoms with Crippen molar-refractivity contribution in [2.24, 2.45) is 0 Å². The van der Waals surface area contributed by atoms with E-state index in [9.17, 15) is 4.39 Å². The van der Waals surface area contributed by atoms with Gasteiger partial charge in [0.25, 0.3) is 0 Å². The number of hydrogen-bond donors (Lipinski definition) is 2. The summed E-state index contributed by atoms with van der Waals surface area (Å²) in [6, 6.07) is 14.1. The number of benzene rings is 2. The topological polar surface area (TPSA) is 45.1 Å². The van der Waals surface area contributed by atoms with Crippen LogP contribution in [0.1, 0.15) is 5.56 Å². The van der Waals surface area contributed by atoms with Crippen molar-refractivity contribution in [1.29, 1.82) is 0 Å². The average molecular weight is 268 g/mol. The normalized spacial score (nSPS) is 10.7. The maximum atomic E-state index is 13.3. The summed E-state index contributed by atoms with van der Waals surface area (Å²) in [5.74, 6) is -0.973. The van der Waals surface area contributed by atoms with E-state index >= 15 is 0 Å². The van der Waals surface area contributed by atoms with Crippen molar-refractivity contribution in [2.45, 2.75) is 6.54 Å². The van der Waals surface area contributed by atoms with Crippen LogP contribution in [0.3, 0.4) is 0 Å². The maximum Gasteiger partial charge on any atom is 0.166 e. The second kappa shape index (κ2) is 5.17. The molecule has 0 atom stereocenters. The predicted octanol–water partition coefficient (Wildman–Crippen LogP) is 3.69. The third-order valence-electron chi connectivity index (χ3n) is 3.17. The smallest absolute Gasteiger partial charge is 0.166 e. The second-order valence-corrected chi connectivity index (χ2v) is 4.51. The lowest BCUT2D eigenvalue weighted by Gasteiger charge is -2.09. The molecule has 3 rings (SSSR count). The molecule has 3 aromatic rings. The molecule has 0 amide bonds. The minimum absolute atomic E-state index is 0.343. The van der Waals surface area contributed by atoms with Crippen molar-refractivity contribution in [3.8, 4) is 5.75 Å². The molecular weight excluding hydrogens is 255 g/mol. The molecule has 100 valence electrons. The highest BCUT2D eigenvalue weighted by atomic mass is 19.1. The van der Waals surface area contributed by atoms with Gasteiger partial charge < -0.3 is 10.4 Å². The number of pyridine rings is 1. The Labute approximate surface area is 115 Å². The Bertz CT molecular complexity index is 753. The van der Waals surface area contributed by atoms with Gasteiger partial charge >= 0.3 is 0 Å². The summed E-state index contributed by atoms with van der Waals surface area (Å²) < 4.78 is 13.3. The number of fused-ring (bicyclic) bond motifs is 1. The summed E-state index contributed by atoms with van der Waals surface area (Å²) in [5.41, 5.74) is 2.65. The summed E-state index contributed by atoms with van der Waals surface area (Å²) in [4.78, 5) is 4.30. The molecule has 1 heterocycles. The number of phenolic OH excluding ortho intramolecular Hbond substituents is 1. The first kappa shape index (κ1) is 12.4. The van der Waals surface area contributed by atoms with Gasteiger partial charge in [0.1, 0.15) is 0 Å². The number of para-hydroxylation sites is 1. The van der Waals surface area contributed by atoms with Gasteiger partial charge in [0.05, 0.1) is 5.52 Å². The van der Waals surface area contributed by atoms with E-state index in [1.807, 2.05) is 30.3 Å². The zero-order valence-electron chi connectivity index (χ0n) is 10.7. The molecule has 2 aromatic carbocycles. The van der Waals surface area contributed by atoms with Crippen LogP contribution in [0.5, 0.6) is 5.75 Å². The minimum atomic E-state index is -0.630. The molecule has 0 saturated heterocycles. The Kier molecular flexibility index (Phi) is 3.21. The van der Waals surface area contributed by atoms with Crippen LogP contribution in [-0.4, -0.2) is 10.1 Å². The number of rotatable bonds is 3. The van der Waals surface area contributed by atoms with Gasteiger partial charge in [0.2, 0.25) is 0 Å². The van der Waals surface area contributed by atoms with Crippen LogP contribution in [-0.2, 0) is 6.54 Å². The molecule has 0 aliphatic heterocycles. The number of nitrogens with one attached hydrogen (secondary N) is 1. The standard InChI is InChI=1S/C16H13FN2O/c17-14-9-12(5-6-16(14)20)19-10-11-7-8-18-15-4-2-1-3-13(11)15/h1-9,19-20H,10H2. The molecule has 0 unspecified atom stereocenters. The van der Waals surface area contributed by atoms with E-state index in [0.29, 0.717) is 12.2 Å². The van der Waals surface area contributed by atoms with Crippen LogP contribution in [0.15, 0.2) is 54.7 Å². The molecule has 3 nitrogen and oxygen atoms in total. The van der Waals surface area contributed by atoms with Gasteiger partial charge in [-0.1, -0.05) is 18.2 Å². The van der Waals surface area contributed by atoms with Crippen molar-refractivity contribution in [3.05, 3.63) is 66.1 Å². The average Bonchev–Trinajstić information content (AvgIpc) is 2.48. The van der Waals surface area contributed by atoms with Crippen LogP contribution in [0.25, 0.3) is 10.9 Å². The van der Waals surface area contributed by atoms with Gasteiger partial charge in [-0.25, -0.2) is 4.39 Å². The van der Waals surface area contributed by atoms with Crippen molar-refractivity contribution in [3.63, 3.8) is 0 Å². The third-order valence-corrected chi connectivity index (χ3v) is 3.17. The molecule has 1 aromatic heterocycles. The number of hydrogen-bond acceptors (Lipinski definition) is 3. The fraction of sp³-hybridized carbons (Fsp3) is 0.0625. The van der Waals surface area contributed by atoms with Crippen LogP contribution in [0.2, 0.25) is 0 Å². The quantitative estimate of drug-likeness (QED) is 0.712. The van der Waals surface area contributed by atoms with E-state index in [2.05, 4.69) is 10.3 Å². The number of halogens is 1. The molecular formula is C16H13FN2O. The Balaban J connectivity index is 1.85. The molecule has 0 fully saturated rings. The Hall–Kier alpha value is -2.62. The first-order chi connectivity index (χ1) is 9.74. The SMILES string of the molecule is Oc1ccc(NCc2ccnc3ccccc23)cc1F. The van der Waals surface area contributed by atoms with Gasteiger partial charge in [-0.05, 0) is 29.8 Å². The van der Waals surface area contributed by atoms with Crippen LogP contribution >= 0.6 is 0 Å². The molecule has 4 heteroatoms. The highest BCUT2D eigenvalue weighted by molar-refractivity contribution is 5.82. The van der Waals surface area contributed by atoms with E-state index in [4.69, 9.17) is 5.11 Å². The monoisotopic (exact) mass is 268 g/mol. The van der Waals surface area contributed by atoms with Gasteiger partial charge in [-0.15, -0.1) is 0 Å². The maximum absolute atomic E-state index is 13.3. The lowest BCUT2D eigenvalue weighted by Crippen LogP contribution is -2.00. The first-order valence-electron chi connectivity index (χ1n) is 6.29. The van der Waals surface area contributed by atoms with Crippen LogP contribution < -0.4 is 5.32 Å². The molecule has 0 bridgehead atoms. The molecule has 0 aliphatic carbocycles. The minimum Gasteiger partial charge on any atom is -0.505 e. The van der Waals surface area contributed by atoms with E-state index in [1.54, 1.807) is 12.3 Å². The number of anilines is 1. The first-order valence-corrected chi connectivity index (χ1v) is 6.29. The van der Waals surface area contributed by atoms with Crippen LogP contribution in [0.4, 0.5) is 10.1 Å². The Morgan fingerprint density at radius 1 is 1.10 bits per heavy atom. The van der Waals surface area contributed by atoms with Crippen LogP contribution in [0, 0.1) is 5.82 Å². The molecule has 0 radical (unpaired) electrons. The van der Waals surface area contributed by atoms with Gasteiger partial charge in [-0.2, -0.15) is 0 Å². The van der Waals surface area contributed by atoms with Crippen molar-refractivity contribution in [1.82, 2.24) is 4.98 Å². The largest absolute Gasteiger partial charge is 0.505 e.